The zero-order valence-electron chi connectivity index (χ0n) is 20.5. The maximum Gasteiger partial charge on any atom is 0.300 e. The maximum atomic E-state index is 13.5. The quantitative estimate of drug-likeness (QED) is 0.286. The molecule has 37 heavy (non-hydrogen) atoms. The number of hydrogen-bond donors (Lipinski definition) is 1. The van der Waals surface area contributed by atoms with E-state index in [-0.39, 0.29) is 29.4 Å². The fraction of sp³-hybridized carbons (Fsp3) is 0.214. The second kappa shape index (κ2) is 9.77. The Balaban J connectivity index is 1.69. The van der Waals surface area contributed by atoms with Gasteiger partial charge in [-0.2, -0.15) is 0 Å². The van der Waals surface area contributed by atoms with Crippen LogP contribution < -0.4 is 28.6 Å². The molecule has 0 saturated carbocycles. The summed E-state index contributed by atoms with van der Waals surface area (Å²) in [6.07, 6.45) is 0. The molecule has 0 aliphatic carbocycles. The van der Waals surface area contributed by atoms with E-state index >= 15 is 0 Å². The van der Waals surface area contributed by atoms with E-state index in [1.165, 1.54) is 19.1 Å². The molecule has 1 amide bonds. The average Bonchev–Trinajstić information content (AvgIpc) is 3.50. The molecule has 1 N–H and O–H groups in total. The first-order chi connectivity index (χ1) is 18.0. The average molecular weight is 504 g/mol. The number of carbonyl (C=O) groups is 2. The number of fused-ring (bicyclic) bond motifs is 1. The second-order valence-corrected chi connectivity index (χ2v) is 8.27. The number of ether oxygens (including phenoxy) is 5. The highest BCUT2D eigenvalue weighted by Crippen LogP contribution is 2.46. The Bertz CT molecular complexity index is 1400. The summed E-state index contributed by atoms with van der Waals surface area (Å²) in [6.45, 7) is 2.44. The van der Waals surface area contributed by atoms with E-state index in [0.717, 1.165) is 0 Å². The highest BCUT2D eigenvalue weighted by atomic mass is 16.7. The van der Waals surface area contributed by atoms with Gasteiger partial charge in [-0.05, 0) is 48.9 Å². The third-order valence-electron chi connectivity index (χ3n) is 6.25. The van der Waals surface area contributed by atoms with Gasteiger partial charge in [0.2, 0.25) is 6.79 Å². The standard InChI is InChI=1S/C28H25NO8/c1-4-35-18-8-5-16(6-9-18)25-24(26(30)20-11-10-19(33-2)14-22(20)34-3)27(31)28(32)29(25)17-7-12-21-23(13-17)37-15-36-21/h5-14,25,30H,4,15H2,1-3H3/b26-24+. The molecule has 0 bridgehead atoms. The van der Waals surface area contributed by atoms with Gasteiger partial charge >= 0.3 is 0 Å². The number of aliphatic hydroxyl groups is 1. The van der Waals surface area contributed by atoms with Gasteiger partial charge < -0.3 is 28.8 Å². The minimum absolute atomic E-state index is 0.0667. The van der Waals surface area contributed by atoms with Crippen LogP contribution in [0, 0.1) is 0 Å². The van der Waals surface area contributed by atoms with Gasteiger partial charge in [-0.1, -0.05) is 12.1 Å². The number of methoxy groups -OCH3 is 2. The van der Waals surface area contributed by atoms with Crippen LogP contribution in [0.2, 0.25) is 0 Å². The number of rotatable bonds is 7. The van der Waals surface area contributed by atoms with Crippen LogP contribution in [0.15, 0.2) is 66.2 Å². The molecule has 3 aromatic rings. The predicted molar refractivity (Wildman–Crippen MR) is 135 cm³/mol. The first kappa shape index (κ1) is 24.1. The zero-order chi connectivity index (χ0) is 26.1. The molecule has 1 atom stereocenters. The van der Waals surface area contributed by atoms with E-state index in [2.05, 4.69) is 0 Å². The number of benzene rings is 3. The topological polar surface area (TPSA) is 104 Å². The number of aliphatic hydroxyl groups excluding tert-OH is 1. The van der Waals surface area contributed by atoms with E-state index in [0.29, 0.717) is 40.9 Å². The van der Waals surface area contributed by atoms with E-state index in [9.17, 15) is 14.7 Å². The normalized spacial score (nSPS) is 17.7. The molecule has 0 spiro atoms. The number of hydrogen-bond acceptors (Lipinski definition) is 8. The van der Waals surface area contributed by atoms with Crippen molar-refractivity contribution in [1.29, 1.82) is 0 Å². The van der Waals surface area contributed by atoms with Crippen LogP contribution in [-0.2, 0) is 9.59 Å². The number of carbonyl (C=O) groups excluding carboxylic acids is 2. The predicted octanol–water partition coefficient (Wildman–Crippen LogP) is 4.46. The van der Waals surface area contributed by atoms with E-state index < -0.39 is 17.7 Å². The molecule has 0 radical (unpaired) electrons. The second-order valence-electron chi connectivity index (χ2n) is 8.27. The molecule has 9 nitrogen and oxygen atoms in total. The molecule has 2 aliphatic rings. The molecule has 2 aliphatic heterocycles. The molecular formula is C28H25NO8. The lowest BCUT2D eigenvalue weighted by Crippen LogP contribution is -2.29. The molecule has 1 unspecified atom stereocenters. The van der Waals surface area contributed by atoms with Crippen molar-refractivity contribution in [2.24, 2.45) is 0 Å². The van der Waals surface area contributed by atoms with Gasteiger partial charge in [0.15, 0.2) is 11.5 Å². The lowest BCUT2D eigenvalue weighted by molar-refractivity contribution is -0.132. The van der Waals surface area contributed by atoms with Crippen molar-refractivity contribution >= 4 is 23.1 Å². The van der Waals surface area contributed by atoms with Gasteiger partial charge in [0, 0.05) is 17.8 Å². The maximum absolute atomic E-state index is 13.5. The summed E-state index contributed by atoms with van der Waals surface area (Å²) in [4.78, 5) is 28.3. The number of Topliss-reactive ketones (excluding diaryl/α,β-unsaturated/α-hetero) is 1. The van der Waals surface area contributed by atoms with Crippen LogP contribution in [0.3, 0.4) is 0 Å². The molecule has 2 heterocycles. The van der Waals surface area contributed by atoms with Crippen LogP contribution >= 0.6 is 0 Å². The molecule has 190 valence electrons. The van der Waals surface area contributed by atoms with E-state index in [4.69, 9.17) is 23.7 Å². The summed E-state index contributed by atoms with van der Waals surface area (Å²) in [7, 11) is 2.96. The zero-order valence-corrected chi connectivity index (χ0v) is 20.5. The molecule has 3 aromatic carbocycles. The smallest absolute Gasteiger partial charge is 0.300 e. The van der Waals surface area contributed by atoms with Gasteiger partial charge in [0.1, 0.15) is 23.0 Å². The summed E-state index contributed by atoms with van der Waals surface area (Å²) in [6, 6.07) is 15.9. The van der Waals surface area contributed by atoms with E-state index in [1.807, 2.05) is 6.92 Å². The van der Waals surface area contributed by atoms with Crippen molar-refractivity contribution in [2.45, 2.75) is 13.0 Å². The summed E-state index contributed by atoms with van der Waals surface area (Å²) in [5, 5.41) is 11.5. The molecule has 1 fully saturated rings. The third kappa shape index (κ3) is 4.18. The van der Waals surface area contributed by atoms with Gasteiger partial charge in [0.05, 0.1) is 38.0 Å². The third-order valence-corrected chi connectivity index (χ3v) is 6.25. The molecular weight excluding hydrogens is 478 g/mol. The van der Waals surface area contributed by atoms with Crippen LogP contribution in [0.25, 0.3) is 5.76 Å². The van der Waals surface area contributed by atoms with Gasteiger partial charge in [-0.25, -0.2) is 0 Å². The summed E-state index contributed by atoms with van der Waals surface area (Å²) in [5.41, 5.74) is 1.21. The summed E-state index contributed by atoms with van der Waals surface area (Å²) >= 11 is 0. The van der Waals surface area contributed by atoms with Crippen LogP contribution in [0.1, 0.15) is 24.1 Å². The first-order valence-corrected chi connectivity index (χ1v) is 11.6. The lowest BCUT2D eigenvalue weighted by Gasteiger charge is -2.26. The van der Waals surface area contributed by atoms with Crippen LogP contribution in [0.5, 0.6) is 28.7 Å². The molecule has 1 saturated heterocycles. The highest BCUT2D eigenvalue weighted by Gasteiger charge is 2.47. The first-order valence-electron chi connectivity index (χ1n) is 11.6. The van der Waals surface area contributed by atoms with Crippen molar-refractivity contribution in [3.63, 3.8) is 0 Å². The van der Waals surface area contributed by atoms with Crippen molar-refractivity contribution in [1.82, 2.24) is 0 Å². The van der Waals surface area contributed by atoms with Gasteiger partial charge in [0.25, 0.3) is 11.7 Å². The molecule has 0 aromatic heterocycles. The van der Waals surface area contributed by atoms with Crippen molar-refractivity contribution in [2.75, 3.05) is 32.5 Å². The number of ketones is 1. The fourth-order valence-electron chi connectivity index (χ4n) is 4.50. The van der Waals surface area contributed by atoms with Crippen LogP contribution in [0.4, 0.5) is 5.69 Å². The monoisotopic (exact) mass is 503 g/mol. The Hall–Kier alpha value is -4.66. The number of nitrogens with zero attached hydrogens (tertiary/aromatic N) is 1. The minimum Gasteiger partial charge on any atom is -0.507 e. The van der Waals surface area contributed by atoms with Crippen LogP contribution in [-0.4, -0.2) is 44.4 Å². The van der Waals surface area contributed by atoms with Crippen molar-refractivity contribution in [3.8, 4) is 28.7 Å². The Kier molecular flexibility index (Phi) is 6.35. The largest absolute Gasteiger partial charge is 0.507 e. The number of anilines is 1. The van der Waals surface area contributed by atoms with E-state index in [1.54, 1.807) is 60.7 Å². The Labute approximate surface area is 213 Å². The Morgan fingerprint density at radius 2 is 1.68 bits per heavy atom. The summed E-state index contributed by atoms with van der Waals surface area (Å²) in [5.74, 6) is 0.471. The molecule has 5 rings (SSSR count). The highest BCUT2D eigenvalue weighted by molar-refractivity contribution is 6.51. The van der Waals surface area contributed by atoms with Gasteiger partial charge in [-0.3, -0.25) is 14.5 Å². The van der Waals surface area contributed by atoms with Crippen molar-refractivity contribution < 1.29 is 38.4 Å². The Morgan fingerprint density at radius 1 is 0.946 bits per heavy atom. The number of amides is 1. The SMILES string of the molecule is CCOc1ccc(C2/C(=C(\O)c3ccc(OC)cc3OC)C(=O)C(=O)N2c2ccc3c(c2)OCO3)cc1. The lowest BCUT2D eigenvalue weighted by atomic mass is 9.94. The summed E-state index contributed by atoms with van der Waals surface area (Å²) < 4.78 is 27.1. The molecule has 9 heteroatoms. The van der Waals surface area contributed by atoms with Crippen molar-refractivity contribution in [3.05, 3.63) is 77.4 Å². The van der Waals surface area contributed by atoms with Gasteiger partial charge in [-0.15, -0.1) is 0 Å². The Morgan fingerprint density at radius 3 is 2.38 bits per heavy atom. The fourth-order valence-corrected chi connectivity index (χ4v) is 4.50. The minimum atomic E-state index is -0.928.